The first-order valence-corrected chi connectivity index (χ1v) is 6.27. The fourth-order valence-electron chi connectivity index (χ4n) is 1.92. The lowest BCUT2D eigenvalue weighted by Gasteiger charge is -2.30. The van der Waals surface area contributed by atoms with Crippen LogP contribution in [0.2, 0.25) is 0 Å². The summed E-state index contributed by atoms with van der Waals surface area (Å²) in [5.41, 5.74) is 1.40. The van der Waals surface area contributed by atoms with E-state index in [9.17, 15) is 4.39 Å². The number of hydrogen-bond acceptors (Lipinski definition) is 2. The van der Waals surface area contributed by atoms with E-state index in [1.54, 1.807) is 13.2 Å². The molecule has 1 atom stereocenters. The third-order valence-corrected chi connectivity index (χ3v) is 3.07. The largest absolute Gasteiger partial charge is 0.383 e. The van der Waals surface area contributed by atoms with Gasteiger partial charge in [-0.05, 0) is 31.5 Å². The highest BCUT2D eigenvalue weighted by atomic mass is 35.5. The Morgan fingerprint density at radius 3 is 2.65 bits per heavy atom. The van der Waals surface area contributed by atoms with Crippen LogP contribution in [0.5, 0.6) is 0 Å². The fourth-order valence-corrected chi connectivity index (χ4v) is 2.08. The summed E-state index contributed by atoms with van der Waals surface area (Å²) in [5.74, 6) is 0.102. The average Bonchev–Trinajstić information content (AvgIpc) is 2.32. The van der Waals surface area contributed by atoms with Gasteiger partial charge in [-0.2, -0.15) is 0 Å². The SMILES string of the molecule is CCN(c1ccc(CCl)cc1F)C(C)COC. The molecule has 0 radical (unpaired) electrons. The lowest BCUT2D eigenvalue weighted by molar-refractivity contribution is 0.181. The molecule has 0 saturated carbocycles. The van der Waals surface area contributed by atoms with Crippen molar-refractivity contribution in [3.63, 3.8) is 0 Å². The van der Waals surface area contributed by atoms with Crippen LogP contribution in [0.3, 0.4) is 0 Å². The number of benzene rings is 1. The van der Waals surface area contributed by atoms with Crippen molar-refractivity contribution in [3.05, 3.63) is 29.6 Å². The Morgan fingerprint density at radius 2 is 2.18 bits per heavy atom. The number of nitrogens with zero attached hydrogens (tertiary/aromatic N) is 1. The predicted octanol–water partition coefficient (Wildman–Crippen LogP) is 3.43. The van der Waals surface area contributed by atoms with E-state index < -0.39 is 0 Å². The van der Waals surface area contributed by atoms with E-state index in [-0.39, 0.29) is 11.9 Å². The lowest BCUT2D eigenvalue weighted by atomic mass is 10.1. The summed E-state index contributed by atoms with van der Waals surface area (Å²) in [6.07, 6.45) is 0. The minimum atomic E-state index is -0.229. The second kappa shape index (κ2) is 6.82. The van der Waals surface area contributed by atoms with Gasteiger partial charge in [0.25, 0.3) is 0 Å². The molecule has 1 aromatic rings. The molecule has 0 saturated heterocycles. The van der Waals surface area contributed by atoms with Crippen molar-refractivity contribution in [2.75, 3.05) is 25.2 Å². The van der Waals surface area contributed by atoms with Crippen LogP contribution in [0.25, 0.3) is 0 Å². The number of rotatable bonds is 6. The van der Waals surface area contributed by atoms with Gasteiger partial charge < -0.3 is 9.64 Å². The topological polar surface area (TPSA) is 12.5 Å². The first kappa shape index (κ1) is 14.3. The molecule has 0 aromatic heterocycles. The number of anilines is 1. The van der Waals surface area contributed by atoms with E-state index in [2.05, 4.69) is 0 Å². The summed E-state index contributed by atoms with van der Waals surface area (Å²) in [7, 11) is 1.65. The molecule has 0 fully saturated rings. The maximum absolute atomic E-state index is 13.9. The maximum Gasteiger partial charge on any atom is 0.146 e. The molecule has 0 aliphatic rings. The Labute approximate surface area is 107 Å². The Bertz CT molecular complexity index is 359. The van der Waals surface area contributed by atoms with Crippen molar-refractivity contribution < 1.29 is 9.13 Å². The van der Waals surface area contributed by atoms with Crippen molar-refractivity contribution >= 4 is 17.3 Å². The molecule has 17 heavy (non-hydrogen) atoms. The van der Waals surface area contributed by atoms with Crippen LogP contribution in [0.1, 0.15) is 19.4 Å². The van der Waals surface area contributed by atoms with Crippen LogP contribution in [0.15, 0.2) is 18.2 Å². The van der Waals surface area contributed by atoms with E-state index >= 15 is 0 Å². The van der Waals surface area contributed by atoms with Crippen molar-refractivity contribution in [3.8, 4) is 0 Å². The number of alkyl halides is 1. The van der Waals surface area contributed by atoms with Crippen LogP contribution in [0, 0.1) is 5.82 Å². The normalized spacial score (nSPS) is 12.5. The van der Waals surface area contributed by atoms with Crippen LogP contribution in [-0.2, 0) is 10.6 Å². The van der Waals surface area contributed by atoms with Crippen molar-refractivity contribution in [1.29, 1.82) is 0 Å². The smallest absolute Gasteiger partial charge is 0.146 e. The van der Waals surface area contributed by atoms with Gasteiger partial charge in [0.2, 0.25) is 0 Å². The van der Waals surface area contributed by atoms with Gasteiger partial charge in [-0.15, -0.1) is 11.6 Å². The maximum atomic E-state index is 13.9. The average molecular weight is 260 g/mol. The number of halogens is 2. The second-order valence-corrected chi connectivity index (χ2v) is 4.28. The zero-order chi connectivity index (χ0) is 12.8. The van der Waals surface area contributed by atoms with E-state index in [1.807, 2.05) is 24.8 Å². The molecular weight excluding hydrogens is 241 g/mol. The second-order valence-electron chi connectivity index (χ2n) is 4.01. The Kier molecular flexibility index (Phi) is 5.72. The Morgan fingerprint density at radius 1 is 1.47 bits per heavy atom. The molecule has 96 valence electrons. The van der Waals surface area contributed by atoms with Gasteiger partial charge in [0, 0.05) is 25.6 Å². The standard InChI is InChI=1S/C13H19ClFNO/c1-4-16(10(2)9-17-3)13-6-5-11(8-14)7-12(13)15/h5-7,10H,4,8-9H2,1-3H3. The molecule has 0 aliphatic carbocycles. The van der Waals surface area contributed by atoms with E-state index in [0.717, 1.165) is 12.1 Å². The summed E-state index contributed by atoms with van der Waals surface area (Å²) in [6.45, 7) is 5.33. The van der Waals surface area contributed by atoms with Crippen molar-refractivity contribution in [1.82, 2.24) is 0 Å². The quantitative estimate of drug-likeness (QED) is 0.726. The molecule has 4 heteroatoms. The van der Waals surface area contributed by atoms with Crippen LogP contribution in [0.4, 0.5) is 10.1 Å². The lowest BCUT2D eigenvalue weighted by Crippen LogP contribution is -2.36. The summed E-state index contributed by atoms with van der Waals surface area (Å²) in [6, 6.07) is 5.27. The number of ether oxygens (including phenoxy) is 1. The monoisotopic (exact) mass is 259 g/mol. The van der Waals surface area contributed by atoms with Crippen LogP contribution in [-0.4, -0.2) is 26.3 Å². The fraction of sp³-hybridized carbons (Fsp3) is 0.538. The third-order valence-electron chi connectivity index (χ3n) is 2.76. The van der Waals surface area contributed by atoms with Crippen molar-refractivity contribution in [2.45, 2.75) is 25.8 Å². The zero-order valence-corrected chi connectivity index (χ0v) is 11.3. The van der Waals surface area contributed by atoms with E-state index in [1.165, 1.54) is 6.07 Å². The highest BCUT2D eigenvalue weighted by Crippen LogP contribution is 2.23. The van der Waals surface area contributed by atoms with E-state index in [4.69, 9.17) is 16.3 Å². The first-order valence-electron chi connectivity index (χ1n) is 5.74. The summed E-state index contributed by atoms with van der Waals surface area (Å²) in [5, 5.41) is 0. The van der Waals surface area contributed by atoms with Gasteiger partial charge >= 0.3 is 0 Å². The Hall–Kier alpha value is -0.800. The van der Waals surface area contributed by atoms with Gasteiger partial charge in [-0.1, -0.05) is 6.07 Å². The zero-order valence-electron chi connectivity index (χ0n) is 10.5. The summed E-state index contributed by atoms with van der Waals surface area (Å²) in [4.78, 5) is 1.98. The molecule has 0 N–H and O–H groups in total. The summed E-state index contributed by atoms with van der Waals surface area (Å²) < 4.78 is 19.0. The van der Waals surface area contributed by atoms with Crippen LogP contribution >= 0.6 is 11.6 Å². The van der Waals surface area contributed by atoms with Gasteiger partial charge in [-0.3, -0.25) is 0 Å². The molecule has 1 aromatic carbocycles. The molecule has 1 rings (SSSR count). The highest BCUT2D eigenvalue weighted by Gasteiger charge is 2.16. The van der Waals surface area contributed by atoms with Crippen molar-refractivity contribution in [2.24, 2.45) is 0 Å². The van der Waals surface area contributed by atoms with Gasteiger partial charge in [0.15, 0.2) is 0 Å². The van der Waals surface area contributed by atoms with Gasteiger partial charge in [0.1, 0.15) is 5.82 Å². The highest BCUT2D eigenvalue weighted by molar-refractivity contribution is 6.17. The molecule has 0 heterocycles. The third kappa shape index (κ3) is 3.58. The molecule has 0 aliphatic heterocycles. The molecule has 2 nitrogen and oxygen atoms in total. The van der Waals surface area contributed by atoms with E-state index in [0.29, 0.717) is 18.2 Å². The number of methoxy groups -OCH3 is 1. The molecule has 0 amide bonds. The number of likely N-dealkylation sites (N-methyl/N-ethyl adjacent to an activating group) is 1. The number of hydrogen-bond donors (Lipinski definition) is 0. The minimum Gasteiger partial charge on any atom is -0.383 e. The van der Waals surface area contributed by atoms with Gasteiger partial charge in [0.05, 0.1) is 12.3 Å². The minimum absolute atomic E-state index is 0.140. The van der Waals surface area contributed by atoms with Gasteiger partial charge in [-0.25, -0.2) is 4.39 Å². The Balaban J connectivity index is 2.95. The summed E-state index contributed by atoms with van der Waals surface area (Å²) >= 11 is 5.68. The molecule has 1 unspecified atom stereocenters. The molecule has 0 bridgehead atoms. The molecule has 0 spiro atoms. The predicted molar refractivity (Wildman–Crippen MR) is 70.3 cm³/mol. The van der Waals surface area contributed by atoms with Crippen LogP contribution < -0.4 is 4.90 Å². The molecular formula is C13H19ClFNO. The first-order chi connectivity index (χ1) is 8.13.